The number of carbonyl (C=O) groups excluding carboxylic acids is 3. The lowest BCUT2D eigenvalue weighted by molar-refractivity contribution is -0.141. The van der Waals surface area contributed by atoms with Crippen molar-refractivity contribution in [2.75, 3.05) is 51.6 Å². The number of anilines is 1. The molecule has 11 nitrogen and oxygen atoms in total. The van der Waals surface area contributed by atoms with Gasteiger partial charge in [0.1, 0.15) is 0 Å². The first-order valence-corrected chi connectivity index (χ1v) is 13.2. The van der Waals surface area contributed by atoms with E-state index in [-0.39, 0.29) is 55.3 Å². The molecule has 3 rings (SSSR count). The van der Waals surface area contributed by atoms with E-state index in [1.807, 2.05) is 43.9 Å². The van der Waals surface area contributed by atoms with Crippen molar-refractivity contribution < 1.29 is 18.9 Å². The molecule has 216 valence electrons. The number of nitrogens with one attached hydrogen (secondary N) is 2. The summed E-state index contributed by atoms with van der Waals surface area (Å²) in [7, 11) is 1.79. The summed E-state index contributed by atoms with van der Waals surface area (Å²) in [4.78, 5) is 47.5. The molecule has 1 aliphatic rings. The topological polar surface area (TPSA) is 124 Å². The lowest BCUT2D eigenvalue weighted by Crippen LogP contribution is -2.51. The maximum Gasteiger partial charge on any atom is 0.242 e. The zero-order chi connectivity index (χ0) is 27.8. The van der Waals surface area contributed by atoms with Gasteiger partial charge in [-0.25, -0.2) is 0 Å². The number of amides is 3. The fraction of sp³-hybridized carbons (Fsp3) is 0.593. The summed E-state index contributed by atoms with van der Waals surface area (Å²) < 4.78 is 5.09. The predicted molar refractivity (Wildman–Crippen MR) is 153 cm³/mol. The molecule has 1 aliphatic heterocycles. The summed E-state index contributed by atoms with van der Waals surface area (Å²) in [6.45, 7) is 11.7. The van der Waals surface area contributed by atoms with Gasteiger partial charge in [0.15, 0.2) is 0 Å². The Balaban J connectivity index is 0.00000533. The normalized spacial score (nSPS) is 13.7. The summed E-state index contributed by atoms with van der Waals surface area (Å²) in [5.74, 6) is 0.766. The van der Waals surface area contributed by atoms with Crippen LogP contribution in [0.4, 0.5) is 5.69 Å². The zero-order valence-corrected chi connectivity index (χ0v) is 24.6. The van der Waals surface area contributed by atoms with Crippen LogP contribution >= 0.6 is 12.4 Å². The number of piperidine rings is 1. The molecule has 3 amide bonds. The van der Waals surface area contributed by atoms with Gasteiger partial charge in [-0.05, 0) is 31.4 Å². The number of aromatic nitrogens is 2. The number of carbonyl (C=O) groups is 3. The first kappa shape index (κ1) is 32.0. The molecule has 39 heavy (non-hydrogen) atoms. The van der Waals surface area contributed by atoms with Crippen LogP contribution in [0.25, 0.3) is 11.4 Å². The predicted octanol–water partition coefficient (Wildman–Crippen LogP) is 2.48. The molecule has 1 aromatic heterocycles. The van der Waals surface area contributed by atoms with Gasteiger partial charge in [-0.2, -0.15) is 4.98 Å². The van der Waals surface area contributed by atoms with E-state index in [0.717, 1.165) is 29.7 Å². The summed E-state index contributed by atoms with van der Waals surface area (Å²) in [6.07, 6.45) is 1.48. The van der Waals surface area contributed by atoms with Gasteiger partial charge in [-0.15, -0.1) is 12.4 Å². The smallest absolute Gasteiger partial charge is 0.242 e. The van der Waals surface area contributed by atoms with Gasteiger partial charge in [0.25, 0.3) is 0 Å². The van der Waals surface area contributed by atoms with Crippen LogP contribution in [0, 0.1) is 13.8 Å². The molecule has 0 unspecified atom stereocenters. The number of likely N-dealkylation sites (N-methyl/N-ethyl adjacent to an activating group) is 1. The highest BCUT2D eigenvalue weighted by Gasteiger charge is 2.28. The lowest BCUT2D eigenvalue weighted by Gasteiger charge is -2.37. The molecular weight excluding hydrogens is 522 g/mol. The van der Waals surface area contributed by atoms with Crippen molar-refractivity contribution in [1.29, 1.82) is 0 Å². The average molecular weight is 564 g/mol. The lowest BCUT2D eigenvalue weighted by atomic mass is 10.0. The van der Waals surface area contributed by atoms with Crippen molar-refractivity contribution in [3.8, 4) is 11.4 Å². The number of benzene rings is 1. The maximum atomic E-state index is 13.3. The third-order valence-electron chi connectivity index (χ3n) is 6.92. The first-order valence-electron chi connectivity index (χ1n) is 13.2. The van der Waals surface area contributed by atoms with Crippen molar-refractivity contribution in [3.63, 3.8) is 0 Å². The minimum atomic E-state index is -0.163. The van der Waals surface area contributed by atoms with E-state index in [1.165, 1.54) is 0 Å². The number of hydrogen-bond donors (Lipinski definition) is 2. The van der Waals surface area contributed by atoms with Crippen LogP contribution in [-0.2, 0) is 14.4 Å². The number of likely N-dealkylation sites (tertiary alicyclic amines) is 1. The van der Waals surface area contributed by atoms with Crippen molar-refractivity contribution in [1.82, 2.24) is 30.2 Å². The van der Waals surface area contributed by atoms with Crippen LogP contribution < -0.4 is 10.6 Å². The molecule has 0 saturated carbocycles. The largest absolute Gasteiger partial charge is 0.376 e. The van der Waals surface area contributed by atoms with Crippen molar-refractivity contribution in [3.05, 3.63) is 29.7 Å². The number of rotatable bonds is 11. The molecule has 1 aromatic carbocycles. The minimum Gasteiger partial charge on any atom is -0.376 e. The summed E-state index contributed by atoms with van der Waals surface area (Å²) in [6, 6.07) is 6.07. The molecule has 0 atom stereocenters. The van der Waals surface area contributed by atoms with E-state index in [4.69, 9.17) is 4.52 Å². The van der Waals surface area contributed by atoms with E-state index in [2.05, 4.69) is 20.8 Å². The van der Waals surface area contributed by atoms with E-state index >= 15 is 0 Å². The van der Waals surface area contributed by atoms with Crippen LogP contribution in [-0.4, -0.2) is 101 Å². The fourth-order valence-electron chi connectivity index (χ4n) is 4.48. The molecular formula is C27H42ClN7O4. The second kappa shape index (κ2) is 14.8. The van der Waals surface area contributed by atoms with Crippen molar-refractivity contribution in [2.24, 2.45) is 0 Å². The second-order valence-electron chi connectivity index (χ2n) is 10.2. The highest BCUT2D eigenvalue weighted by molar-refractivity contribution is 5.87. The van der Waals surface area contributed by atoms with Gasteiger partial charge in [-0.1, -0.05) is 31.1 Å². The zero-order valence-electron chi connectivity index (χ0n) is 23.8. The van der Waals surface area contributed by atoms with E-state index in [0.29, 0.717) is 37.9 Å². The molecule has 2 aromatic rings. The van der Waals surface area contributed by atoms with Crippen LogP contribution in [0.15, 0.2) is 22.7 Å². The summed E-state index contributed by atoms with van der Waals surface area (Å²) >= 11 is 0. The van der Waals surface area contributed by atoms with Crippen molar-refractivity contribution in [2.45, 2.75) is 59.5 Å². The first-order chi connectivity index (χ1) is 18.0. The van der Waals surface area contributed by atoms with Crippen LogP contribution in [0.5, 0.6) is 0 Å². The second-order valence-corrected chi connectivity index (χ2v) is 10.2. The molecule has 0 bridgehead atoms. The molecule has 1 saturated heterocycles. The molecule has 1 fully saturated rings. The fourth-order valence-corrected chi connectivity index (χ4v) is 4.48. The van der Waals surface area contributed by atoms with Gasteiger partial charge >= 0.3 is 0 Å². The van der Waals surface area contributed by atoms with Crippen LogP contribution in [0.3, 0.4) is 0 Å². The SMILES string of the molecule is CC(=O)N1CCC(N(C)C(=O)CN(CCNC(C)C)C(=O)CNc2cc(-c3noc(C)n3)ccc2C)CC1.Cl. The molecule has 0 aliphatic carbocycles. The summed E-state index contributed by atoms with van der Waals surface area (Å²) in [5, 5.41) is 10.5. The number of nitrogens with zero attached hydrogens (tertiary/aromatic N) is 5. The van der Waals surface area contributed by atoms with Crippen LogP contribution in [0.1, 0.15) is 45.1 Å². The number of aryl methyl sites for hydroxylation is 2. The third-order valence-corrected chi connectivity index (χ3v) is 6.92. The van der Waals surface area contributed by atoms with E-state index in [1.54, 1.807) is 30.7 Å². The number of hydrogen-bond acceptors (Lipinski definition) is 8. The Morgan fingerprint density at radius 2 is 1.85 bits per heavy atom. The van der Waals surface area contributed by atoms with Gasteiger partial charge in [0.2, 0.25) is 29.4 Å². The Morgan fingerprint density at radius 3 is 2.44 bits per heavy atom. The van der Waals surface area contributed by atoms with E-state index in [9.17, 15) is 14.4 Å². The Kier molecular flexibility index (Phi) is 12.2. The highest BCUT2D eigenvalue weighted by Crippen LogP contribution is 2.23. The average Bonchev–Trinajstić information content (AvgIpc) is 3.32. The molecule has 0 spiro atoms. The molecule has 2 heterocycles. The number of halogens is 1. The Labute approximate surface area is 237 Å². The Hall–Kier alpha value is -3.18. The standard InChI is InChI=1S/C27H41N7O4.ClH/c1-18(2)28-11-14-34(17-26(37)32(6)23-9-12-33(13-10-23)21(5)35)25(36)16-29-24-15-22(8-7-19(24)3)27-30-20(4)38-31-27;/h7-8,15,18,23,28-29H,9-14,16-17H2,1-6H3;1H. The molecule has 12 heteroatoms. The molecule has 2 N–H and O–H groups in total. The third kappa shape index (κ3) is 9.21. The van der Waals surface area contributed by atoms with Crippen LogP contribution in [0.2, 0.25) is 0 Å². The van der Waals surface area contributed by atoms with Gasteiger partial charge in [0, 0.05) is 70.4 Å². The molecule has 0 radical (unpaired) electrons. The van der Waals surface area contributed by atoms with E-state index < -0.39 is 0 Å². The quantitative estimate of drug-likeness (QED) is 0.427. The Morgan fingerprint density at radius 1 is 1.15 bits per heavy atom. The monoisotopic (exact) mass is 563 g/mol. The minimum absolute atomic E-state index is 0. The van der Waals surface area contributed by atoms with Gasteiger partial charge in [0.05, 0.1) is 13.1 Å². The van der Waals surface area contributed by atoms with Gasteiger partial charge < -0.3 is 29.9 Å². The summed E-state index contributed by atoms with van der Waals surface area (Å²) in [5.41, 5.74) is 2.55. The Bertz CT molecular complexity index is 1120. The van der Waals surface area contributed by atoms with Gasteiger partial charge in [-0.3, -0.25) is 14.4 Å². The highest BCUT2D eigenvalue weighted by atomic mass is 35.5. The maximum absolute atomic E-state index is 13.3. The van der Waals surface area contributed by atoms with Crippen molar-refractivity contribution >= 4 is 35.8 Å².